The summed E-state index contributed by atoms with van der Waals surface area (Å²) in [7, 11) is 0. The molecule has 1 fully saturated rings. The third-order valence-corrected chi connectivity index (χ3v) is 4.68. The fraction of sp³-hybridized carbons (Fsp3) is 0.316. The van der Waals surface area contributed by atoms with Gasteiger partial charge in [-0.3, -0.25) is 4.79 Å². The first kappa shape index (κ1) is 18.8. The lowest BCUT2D eigenvalue weighted by molar-refractivity contribution is -0.125. The molecule has 0 aliphatic heterocycles. The first-order valence-corrected chi connectivity index (χ1v) is 8.37. The lowest BCUT2D eigenvalue weighted by atomic mass is 9.97. The third-order valence-electron chi connectivity index (χ3n) is 4.45. The van der Waals surface area contributed by atoms with Crippen LogP contribution in [0.2, 0.25) is 5.02 Å². The van der Waals surface area contributed by atoms with E-state index in [1.807, 2.05) is 54.6 Å². The molecular formula is C19H22Cl2N2O. The minimum atomic E-state index is -0.195. The van der Waals surface area contributed by atoms with Crippen molar-refractivity contribution in [2.24, 2.45) is 11.7 Å². The van der Waals surface area contributed by atoms with Gasteiger partial charge in [-0.2, -0.15) is 0 Å². The average molecular weight is 365 g/mol. The molecule has 5 heteroatoms. The zero-order valence-corrected chi connectivity index (χ0v) is 14.9. The number of nitrogens with two attached hydrogens (primary N) is 1. The van der Waals surface area contributed by atoms with Crippen LogP contribution in [-0.4, -0.2) is 11.9 Å². The first-order chi connectivity index (χ1) is 11.1. The van der Waals surface area contributed by atoms with Crippen molar-refractivity contribution in [1.29, 1.82) is 0 Å². The van der Waals surface area contributed by atoms with Gasteiger partial charge in [0, 0.05) is 17.0 Å². The van der Waals surface area contributed by atoms with E-state index in [1.54, 1.807) is 0 Å². The lowest BCUT2D eigenvalue weighted by Crippen LogP contribution is -2.34. The number of halogens is 2. The molecule has 1 aliphatic rings. The van der Waals surface area contributed by atoms with E-state index in [0.717, 1.165) is 30.4 Å². The molecule has 3 atom stereocenters. The summed E-state index contributed by atoms with van der Waals surface area (Å²) in [6.07, 6.45) is 2.55. The number of nitrogens with one attached hydrogen (secondary N) is 1. The second-order valence-electron chi connectivity index (χ2n) is 6.18. The van der Waals surface area contributed by atoms with Gasteiger partial charge in [0.1, 0.15) is 0 Å². The molecule has 0 heterocycles. The number of carbonyl (C=O) groups is 1. The minimum Gasteiger partial charge on any atom is -0.345 e. The van der Waals surface area contributed by atoms with Gasteiger partial charge in [-0.25, -0.2) is 0 Å². The Kier molecular flexibility index (Phi) is 6.67. The van der Waals surface area contributed by atoms with Gasteiger partial charge in [0.2, 0.25) is 5.91 Å². The molecule has 0 spiro atoms. The maximum absolute atomic E-state index is 12.6. The van der Waals surface area contributed by atoms with Crippen LogP contribution < -0.4 is 11.1 Å². The van der Waals surface area contributed by atoms with Crippen molar-refractivity contribution in [2.45, 2.75) is 31.3 Å². The third kappa shape index (κ3) is 4.50. The molecule has 1 amide bonds. The van der Waals surface area contributed by atoms with E-state index in [4.69, 9.17) is 17.3 Å². The SMILES string of the molecule is Cl.NC1CCC(C(=O)NC(c2ccccc2)c2cccc(Cl)c2)C1. The second-order valence-corrected chi connectivity index (χ2v) is 6.61. The summed E-state index contributed by atoms with van der Waals surface area (Å²) in [5.74, 6) is 0.0853. The summed E-state index contributed by atoms with van der Waals surface area (Å²) < 4.78 is 0. The number of hydrogen-bond acceptors (Lipinski definition) is 2. The topological polar surface area (TPSA) is 55.1 Å². The van der Waals surface area contributed by atoms with Crippen LogP contribution in [0.15, 0.2) is 54.6 Å². The molecule has 0 radical (unpaired) electrons. The van der Waals surface area contributed by atoms with Crippen molar-refractivity contribution in [3.63, 3.8) is 0 Å². The van der Waals surface area contributed by atoms with Gasteiger partial charge in [-0.05, 0) is 42.5 Å². The Hall–Kier alpha value is -1.55. The highest BCUT2D eigenvalue weighted by atomic mass is 35.5. The van der Waals surface area contributed by atoms with Gasteiger partial charge in [0.15, 0.2) is 0 Å². The monoisotopic (exact) mass is 364 g/mol. The normalized spacial score (nSPS) is 20.9. The Balaban J connectivity index is 0.00000208. The zero-order valence-electron chi connectivity index (χ0n) is 13.3. The molecule has 1 aliphatic carbocycles. The van der Waals surface area contributed by atoms with Gasteiger partial charge < -0.3 is 11.1 Å². The number of hydrogen-bond donors (Lipinski definition) is 2. The number of benzene rings is 2. The molecule has 2 aromatic carbocycles. The molecule has 3 unspecified atom stereocenters. The predicted molar refractivity (Wildman–Crippen MR) is 100 cm³/mol. The summed E-state index contributed by atoms with van der Waals surface area (Å²) in [5, 5.41) is 3.85. The van der Waals surface area contributed by atoms with Crippen molar-refractivity contribution in [3.8, 4) is 0 Å². The van der Waals surface area contributed by atoms with Crippen LogP contribution in [0.5, 0.6) is 0 Å². The van der Waals surface area contributed by atoms with E-state index in [-0.39, 0.29) is 36.3 Å². The Bertz CT molecular complexity index is 678. The molecule has 0 bridgehead atoms. The maximum Gasteiger partial charge on any atom is 0.223 e. The van der Waals surface area contributed by atoms with E-state index < -0.39 is 0 Å². The molecule has 2 aromatic rings. The number of rotatable bonds is 4. The molecule has 0 saturated heterocycles. The minimum absolute atomic E-state index is 0. The maximum atomic E-state index is 12.6. The smallest absolute Gasteiger partial charge is 0.223 e. The number of carbonyl (C=O) groups excluding carboxylic acids is 1. The van der Waals surface area contributed by atoms with Crippen LogP contribution in [0, 0.1) is 5.92 Å². The highest BCUT2D eigenvalue weighted by Gasteiger charge is 2.29. The molecule has 24 heavy (non-hydrogen) atoms. The van der Waals surface area contributed by atoms with Crippen molar-refractivity contribution in [2.75, 3.05) is 0 Å². The lowest BCUT2D eigenvalue weighted by Gasteiger charge is -2.22. The Labute approximate surface area is 154 Å². The molecule has 3 N–H and O–H groups in total. The Morgan fingerprint density at radius 3 is 2.42 bits per heavy atom. The van der Waals surface area contributed by atoms with E-state index >= 15 is 0 Å². The van der Waals surface area contributed by atoms with E-state index in [2.05, 4.69) is 5.32 Å². The molecular weight excluding hydrogens is 343 g/mol. The molecule has 128 valence electrons. The summed E-state index contributed by atoms with van der Waals surface area (Å²) in [5.41, 5.74) is 7.97. The van der Waals surface area contributed by atoms with Gasteiger partial charge in [-0.1, -0.05) is 54.1 Å². The summed E-state index contributed by atoms with van der Waals surface area (Å²) >= 11 is 6.13. The fourth-order valence-corrected chi connectivity index (χ4v) is 3.40. The summed E-state index contributed by atoms with van der Waals surface area (Å²) in [4.78, 5) is 12.6. The highest BCUT2D eigenvalue weighted by molar-refractivity contribution is 6.30. The average Bonchev–Trinajstić information content (AvgIpc) is 3.00. The van der Waals surface area contributed by atoms with E-state index in [1.165, 1.54) is 0 Å². The molecule has 0 aromatic heterocycles. The van der Waals surface area contributed by atoms with Crippen LogP contribution >= 0.6 is 24.0 Å². The van der Waals surface area contributed by atoms with Crippen molar-refractivity contribution in [3.05, 3.63) is 70.7 Å². The van der Waals surface area contributed by atoms with Crippen LogP contribution in [0.3, 0.4) is 0 Å². The van der Waals surface area contributed by atoms with Crippen LogP contribution in [-0.2, 0) is 4.79 Å². The molecule has 3 nitrogen and oxygen atoms in total. The standard InChI is InChI=1S/C19H21ClN2O.ClH/c20-16-8-4-7-14(11-16)18(13-5-2-1-3-6-13)22-19(23)15-9-10-17(21)12-15;/h1-8,11,15,17-18H,9-10,12,21H2,(H,22,23);1H. The van der Waals surface area contributed by atoms with Gasteiger partial charge in [0.25, 0.3) is 0 Å². The van der Waals surface area contributed by atoms with Crippen LogP contribution in [0.25, 0.3) is 0 Å². The van der Waals surface area contributed by atoms with Crippen LogP contribution in [0.1, 0.15) is 36.4 Å². The fourth-order valence-electron chi connectivity index (χ4n) is 3.21. The Morgan fingerprint density at radius 1 is 1.08 bits per heavy atom. The van der Waals surface area contributed by atoms with Crippen molar-refractivity contribution < 1.29 is 4.79 Å². The van der Waals surface area contributed by atoms with Gasteiger partial charge in [-0.15, -0.1) is 12.4 Å². The van der Waals surface area contributed by atoms with Crippen molar-refractivity contribution in [1.82, 2.24) is 5.32 Å². The predicted octanol–water partition coefficient (Wildman–Crippen LogP) is 4.09. The summed E-state index contributed by atoms with van der Waals surface area (Å²) in [6.45, 7) is 0. The van der Waals surface area contributed by atoms with Gasteiger partial charge >= 0.3 is 0 Å². The van der Waals surface area contributed by atoms with E-state index in [9.17, 15) is 4.79 Å². The van der Waals surface area contributed by atoms with E-state index in [0.29, 0.717) is 5.02 Å². The quantitative estimate of drug-likeness (QED) is 0.857. The zero-order chi connectivity index (χ0) is 16.2. The van der Waals surface area contributed by atoms with Crippen molar-refractivity contribution >= 4 is 29.9 Å². The molecule has 1 saturated carbocycles. The Morgan fingerprint density at radius 2 is 1.79 bits per heavy atom. The highest BCUT2D eigenvalue weighted by Crippen LogP contribution is 2.28. The first-order valence-electron chi connectivity index (χ1n) is 8.00. The second kappa shape index (κ2) is 8.52. The number of amides is 1. The summed E-state index contributed by atoms with van der Waals surface area (Å²) in [6, 6.07) is 17.6. The molecule has 3 rings (SSSR count). The largest absolute Gasteiger partial charge is 0.345 e. The van der Waals surface area contributed by atoms with Gasteiger partial charge in [0.05, 0.1) is 6.04 Å². The van der Waals surface area contributed by atoms with Crippen LogP contribution in [0.4, 0.5) is 0 Å².